The van der Waals surface area contributed by atoms with Crippen molar-refractivity contribution >= 4 is 11.7 Å². The minimum absolute atomic E-state index is 0.0337. The molecule has 7 nitrogen and oxygen atoms in total. The Morgan fingerprint density at radius 2 is 2.12 bits per heavy atom. The quantitative estimate of drug-likeness (QED) is 0.654. The molecule has 7 heteroatoms. The molecule has 4 N–H and O–H groups in total. The van der Waals surface area contributed by atoms with E-state index in [4.69, 9.17) is 10.2 Å². The van der Waals surface area contributed by atoms with E-state index in [1.807, 2.05) is 43.3 Å². The van der Waals surface area contributed by atoms with Crippen LogP contribution in [0.2, 0.25) is 0 Å². The van der Waals surface area contributed by atoms with Crippen molar-refractivity contribution < 1.29 is 9.21 Å². The number of oxazole rings is 1. The first kappa shape index (κ1) is 16.4. The molecule has 0 saturated heterocycles. The second-order valence-electron chi connectivity index (χ2n) is 6.75. The summed E-state index contributed by atoms with van der Waals surface area (Å²) in [6.45, 7) is 1.84. The molecule has 26 heavy (non-hydrogen) atoms. The number of nitrogens with two attached hydrogens (primary N) is 1. The van der Waals surface area contributed by atoms with E-state index < -0.39 is 0 Å². The van der Waals surface area contributed by atoms with Gasteiger partial charge in [0.2, 0.25) is 11.8 Å². The van der Waals surface area contributed by atoms with E-state index in [0.29, 0.717) is 29.1 Å². The molecule has 1 amide bonds. The van der Waals surface area contributed by atoms with Crippen molar-refractivity contribution in [1.82, 2.24) is 20.5 Å². The molecule has 0 bridgehead atoms. The normalized spacial score (nSPS) is 19.1. The Bertz CT molecular complexity index is 909. The van der Waals surface area contributed by atoms with Crippen LogP contribution in [0.15, 0.2) is 40.8 Å². The minimum Gasteiger partial charge on any atom is -0.441 e. The van der Waals surface area contributed by atoms with Crippen LogP contribution in [0, 0.1) is 6.92 Å². The Kier molecular flexibility index (Phi) is 4.20. The SMILES string of the molecule is Cc1oc(-c2ccccc2)nc1CC(=O)NC1CC(c2cc(N)n[nH]2)C1. The number of carbonyl (C=O) groups excluding carboxylic acids is 1. The number of carbonyl (C=O) groups is 1. The number of nitrogens with zero attached hydrogens (tertiary/aromatic N) is 2. The molecule has 0 unspecified atom stereocenters. The maximum Gasteiger partial charge on any atom is 0.226 e. The van der Waals surface area contributed by atoms with Crippen LogP contribution in [0.3, 0.4) is 0 Å². The van der Waals surface area contributed by atoms with E-state index in [0.717, 1.165) is 24.1 Å². The van der Waals surface area contributed by atoms with Crippen LogP contribution in [-0.2, 0) is 11.2 Å². The van der Waals surface area contributed by atoms with Gasteiger partial charge in [0.15, 0.2) is 0 Å². The van der Waals surface area contributed by atoms with Gasteiger partial charge in [0.05, 0.1) is 12.1 Å². The number of benzene rings is 1. The Morgan fingerprint density at radius 1 is 1.35 bits per heavy atom. The number of nitrogens with one attached hydrogen (secondary N) is 2. The van der Waals surface area contributed by atoms with Crippen LogP contribution in [0.1, 0.15) is 35.9 Å². The largest absolute Gasteiger partial charge is 0.441 e. The summed E-state index contributed by atoms with van der Waals surface area (Å²) in [4.78, 5) is 16.8. The number of nitrogen functional groups attached to an aromatic ring is 1. The van der Waals surface area contributed by atoms with E-state index in [9.17, 15) is 4.79 Å². The van der Waals surface area contributed by atoms with E-state index in [1.54, 1.807) is 0 Å². The molecule has 3 aromatic rings. The van der Waals surface area contributed by atoms with Gasteiger partial charge in [-0.2, -0.15) is 5.10 Å². The summed E-state index contributed by atoms with van der Waals surface area (Å²) in [5, 5.41) is 9.94. The Labute approximate surface area is 151 Å². The Morgan fingerprint density at radius 3 is 2.81 bits per heavy atom. The first-order valence-electron chi connectivity index (χ1n) is 8.70. The number of aromatic amines is 1. The lowest BCUT2D eigenvalue weighted by atomic mass is 9.78. The van der Waals surface area contributed by atoms with Gasteiger partial charge in [-0.3, -0.25) is 9.89 Å². The van der Waals surface area contributed by atoms with Gasteiger partial charge in [0, 0.05) is 29.3 Å². The maximum atomic E-state index is 12.3. The Balaban J connectivity index is 1.32. The number of anilines is 1. The molecular weight excluding hydrogens is 330 g/mol. The maximum absolute atomic E-state index is 12.3. The number of aromatic nitrogens is 3. The third-order valence-corrected chi connectivity index (χ3v) is 4.80. The summed E-state index contributed by atoms with van der Waals surface area (Å²) in [6, 6.07) is 11.7. The van der Waals surface area contributed by atoms with Gasteiger partial charge >= 0.3 is 0 Å². The summed E-state index contributed by atoms with van der Waals surface area (Å²) in [6.07, 6.45) is 2.00. The number of aryl methyl sites for hydroxylation is 1. The molecule has 0 atom stereocenters. The number of hydrogen-bond acceptors (Lipinski definition) is 5. The van der Waals surface area contributed by atoms with Gasteiger partial charge in [-0.25, -0.2) is 4.98 Å². The Hall–Kier alpha value is -3.09. The van der Waals surface area contributed by atoms with Gasteiger partial charge in [0.1, 0.15) is 11.6 Å². The van der Waals surface area contributed by atoms with Crippen LogP contribution >= 0.6 is 0 Å². The van der Waals surface area contributed by atoms with Gasteiger partial charge in [-0.1, -0.05) is 18.2 Å². The van der Waals surface area contributed by atoms with E-state index in [1.165, 1.54) is 0 Å². The molecule has 0 spiro atoms. The fourth-order valence-corrected chi connectivity index (χ4v) is 3.28. The summed E-state index contributed by atoms with van der Waals surface area (Å²) in [5.74, 6) is 2.07. The van der Waals surface area contributed by atoms with Gasteiger partial charge < -0.3 is 15.5 Å². The van der Waals surface area contributed by atoms with E-state index in [-0.39, 0.29) is 18.4 Å². The van der Waals surface area contributed by atoms with E-state index in [2.05, 4.69) is 20.5 Å². The molecule has 1 saturated carbocycles. The summed E-state index contributed by atoms with van der Waals surface area (Å²) >= 11 is 0. The van der Waals surface area contributed by atoms with Crippen molar-refractivity contribution in [2.45, 2.75) is 38.1 Å². The molecule has 0 radical (unpaired) electrons. The highest BCUT2D eigenvalue weighted by Gasteiger charge is 2.32. The highest BCUT2D eigenvalue weighted by Crippen LogP contribution is 2.36. The number of H-pyrrole nitrogens is 1. The molecule has 2 heterocycles. The first-order valence-corrected chi connectivity index (χ1v) is 8.70. The molecule has 134 valence electrons. The topological polar surface area (TPSA) is 110 Å². The molecule has 1 aliphatic rings. The summed E-state index contributed by atoms with van der Waals surface area (Å²) in [7, 11) is 0. The smallest absolute Gasteiger partial charge is 0.226 e. The third kappa shape index (κ3) is 3.33. The van der Waals surface area contributed by atoms with Crippen molar-refractivity contribution in [1.29, 1.82) is 0 Å². The van der Waals surface area contributed by atoms with Crippen LogP contribution in [-0.4, -0.2) is 27.1 Å². The standard InChI is InChI=1S/C19H21N5O2/c1-11-15(22-19(26-11)12-5-3-2-4-6-12)10-18(25)21-14-7-13(8-14)16-9-17(20)24-23-16/h2-6,9,13-14H,7-8,10H2,1H3,(H,21,25)(H3,20,23,24). The lowest BCUT2D eigenvalue weighted by Crippen LogP contribution is -2.44. The molecule has 1 fully saturated rings. The van der Waals surface area contributed by atoms with Crippen molar-refractivity contribution in [2.24, 2.45) is 0 Å². The number of rotatable bonds is 5. The highest BCUT2D eigenvalue weighted by atomic mass is 16.4. The lowest BCUT2D eigenvalue weighted by molar-refractivity contribution is -0.121. The minimum atomic E-state index is -0.0337. The predicted octanol–water partition coefficient (Wildman–Crippen LogP) is 2.56. The summed E-state index contributed by atoms with van der Waals surface area (Å²) < 4.78 is 5.71. The third-order valence-electron chi connectivity index (χ3n) is 4.80. The van der Waals surface area contributed by atoms with Crippen molar-refractivity contribution in [3.8, 4) is 11.5 Å². The fraction of sp³-hybridized carbons (Fsp3) is 0.316. The molecule has 4 rings (SSSR count). The van der Waals surface area contributed by atoms with Gasteiger partial charge in [0.25, 0.3) is 0 Å². The number of hydrogen-bond donors (Lipinski definition) is 3. The van der Waals surface area contributed by atoms with Crippen LogP contribution in [0.4, 0.5) is 5.82 Å². The first-order chi connectivity index (χ1) is 12.6. The zero-order valence-electron chi connectivity index (χ0n) is 14.5. The van der Waals surface area contributed by atoms with E-state index >= 15 is 0 Å². The van der Waals surface area contributed by atoms with Crippen LogP contribution in [0.25, 0.3) is 11.5 Å². The zero-order chi connectivity index (χ0) is 18.1. The predicted molar refractivity (Wildman–Crippen MR) is 97.3 cm³/mol. The zero-order valence-corrected chi connectivity index (χ0v) is 14.5. The average molecular weight is 351 g/mol. The molecular formula is C19H21N5O2. The van der Waals surface area contributed by atoms with Crippen molar-refractivity contribution in [3.05, 3.63) is 53.5 Å². The average Bonchev–Trinajstić information content (AvgIpc) is 3.18. The summed E-state index contributed by atoms with van der Waals surface area (Å²) in [5.41, 5.74) is 8.25. The molecule has 1 aromatic carbocycles. The monoisotopic (exact) mass is 351 g/mol. The molecule has 1 aliphatic carbocycles. The second kappa shape index (κ2) is 6.67. The highest BCUT2D eigenvalue weighted by molar-refractivity contribution is 5.79. The fourth-order valence-electron chi connectivity index (χ4n) is 3.28. The van der Waals surface area contributed by atoms with Gasteiger partial charge in [-0.15, -0.1) is 0 Å². The van der Waals surface area contributed by atoms with Crippen molar-refractivity contribution in [3.63, 3.8) is 0 Å². The van der Waals surface area contributed by atoms with Gasteiger partial charge in [-0.05, 0) is 31.9 Å². The van der Waals surface area contributed by atoms with Crippen molar-refractivity contribution in [2.75, 3.05) is 5.73 Å². The molecule has 2 aromatic heterocycles. The van der Waals surface area contributed by atoms with Crippen LogP contribution < -0.4 is 11.1 Å². The molecule has 0 aliphatic heterocycles. The van der Waals surface area contributed by atoms with Crippen LogP contribution in [0.5, 0.6) is 0 Å². The lowest BCUT2D eigenvalue weighted by Gasteiger charge is -2.35. The number of amides is 1. The second-order valence-corrected chi connectivity index (χ2v) is 6.75.